The Morgan fingerprint density at radius 2 is 0.591 bits per heavy atom. The molecule has 0 aliphatic rings. The maximum Gasteiger partial charge on any atom is 0.164 e. The summed E-state index contributed by atoms with van der Waals surface area (Å²) in [7, 11) is 0. The van der Waals surface area contributed by atoms with Crippen LogP contribution in [-0.2, 0) is 0 Å². The molecular weight excluding hydrogens is 1160 g/mol. The molecule has 0 saturated heterocycles. The van der Waals surface area contributed by atoms with Crippen LogP contribution in [0.2, 0.25) is 0 Å². The van der Waals surface area contributed by atoms with E-state index in [-0.39, 0.29) is 0 Å². The summed E-state index contributed by atoms with van der Waals surface area (Å²) in [5, 5.41) is 18.9. The van der Waals surface area contributed by atoms with Crippen molar-refractivity contribution in [3.05, 3.63) is 238 Å². The normalized spacial score (nSPS) is 12.5. The Kier molecular flexibility index (Phi) is 9.35. The third kappa shape index (κ3) is 6.35. The van der Waals surface area contributed by atoms with E-state index in [1.54, 1.807) is 12.4 Å². The van der Waals surface area contributed by atoms with Gasteiger partial charge < -0.3 is 26.5 Å². The van der Waals surface area contributed by atoms with Crippen molar-refractivity contribution >= 4 is 214 Å². The molecule has 24 aromatic rings. The Morgan fingerprint density at radius 3 is 1.15 bits per heavy atom. The van der Waals surface area contributed by atoms with Crippen molar-refractivity contribution in [1.29, 1.82) is 0 Å². The Hall–Kier alpha value is -13.1. The van der Waals surface area contributed by atoms with Crippen molar-refractivity contribution < 1.29 is 26.5 Å². The fourth-order valence-corrected chi connectivity index (χ4v) is 15.2. The van der Waals surface area contributed by atoms with Gasteiger partial charge in [0.05, 0.1) is 43.4 Å². The number of para-hydroxylation sites is 5. The molecule has 0 saturated carbocycles. The van der Waals surface area contributed by atoms with Gasteiger partial charge in [0.2, 0.25) is 0 Å². The Labute approximate surface area is 518 Å². The quantitative estimate of drug-likeness (QED) is 0.132. The summed E-state index contributed by atoms with van der Waals surface area (Å²) >= 11 is 0. The average molecular weight is 1200 g/mol. The number of pyridine rings is 6. The summed E-state index contributed by atoms with van der Waals surface area (Å²) in [6.07, 6.45) is 16.8. The average Bonchev–Trinajstić information content (AvgIpc) is 1.56. The zero-order valence-electron chi connectivity index (χ0n) is 48.5. The van der Waals surface area contributed by atoms with E-state index in [9.17, 15) is 0 Å². The standard InChI is InChI=1S/3C26H13N3O2/c1-3-9-17-14(6-1)19-23-20(16-8-5-11-27-22(16)26-28-12-13-29(23)26)25-21(24(19)30-17)15-7-2-4-10-18(15)31-25;1-3-9-17-14(6-1)19-20-15-7-2-4-10-18(15)31-25(20)23-21(24(19)30-17)16-8-5-11-27-22(16)26-28-12-13-29(23)26;1-2-6-19-16(4-1)22-20(30-19)10-8-15-14-7-9-18-21(24(14)31-25(15)22)17-5-3-11-27-23(17)26-28-12-13-29(18)26/h3*1-13H. The number of rotatable bonds is 0. The van der Waals surface area contributed by atoms with Gasteiger partial charge in [0.15, 0.2) is 22.5 Å². The van der Waals surface area contributed by atoms with Crippen molar-refractivity contribution in [2.75, 3.05) is 0 Å². The van der Waals surface area contributed by atoms with Gasteiger partial charge in [-0.1, -0.05) is 109 Å². The van der Waals surface area contributed by atoms with Crippen LogP contribution in [0.1, 0.15) is 0 Å². The second kappa shape index (κ2) is 17.8. The van der Waals surface area contributed by atoms with E-state index in [0.29, 0.717) is 0 Å². The van der Waals surface area contributed by atoms with Crippen LogP contribution in [0.5, 0.6) is 0 Å². The van der Waals surface area contributed by atoms with Crippen molar-refractivity contribution in [1.82, 2.24) is 43.1 Å². The Morgan fingerprint density at radius 1 is 0.215 bits per heavy atom. The molecule has 0 unspecified atom stereocenters. The van der Waals surface area contributed by atoms with Crippen molar-refractivity contribution in [2.24, 2.45) is 0 Å². The molecule has 15 heterocycles. The van der Waals surface area contributed by atoms with Gasteiger partial charge in [-0.25, -0.2) is 15.0 Å². The van der Waals surface area contributed by atoms with Crippen LogP contribution >= 0.6 is 0 Å². The van der Waals surface area contributed by atoms with Crippen LogP contribution in [0, 0.1) is 0 Å². The van der Waals surface area contributed by atoms with Gasteiger partial charge in [-0.15, -0.1) is 0 Å². The van der Waals surface area contributed by atoms with Gasteiger partial charge in [-0.05, 0) is 72.8 Å². The molecule has 0 aliphatic heterocycles. The largest absolute Gasteiger partial charge is 0.456 e. The molecule has 0 atom stereocenters. The first-order valence-electron chi connectivity index (χ1n) is 30.5. The molecule has 15 nitrogen and oxygen atoms in total. The monoisotopic (exact) mass is 1200 g/mol. The number of imidazole rings is 3. The van der Waals surface area contributed by atoms with E-state index in [0.717, 1.165) is 214 Å². The smallest absolute Gasteiger partial charge is 0.164 e. The molecule has 0 N–H and O–H groups in total. The van der Waals surface area contributed by atoms with E-state index >= 15 is 0 Å². The van der Waals surface area contributed by atoms with E-state index < -0.39 is 0 Å². The molecular formula is C78H39N9O6. The molecule has 0 spiro atoms. The highest BCUT2D eigenvalue weighted by Gasteiger charge is 2.28. The molecule has 15 heteroatoms. The molecule has 0 bridgehead atoms. The van der Waals surface area contributed by atoms with Gasteiger partial charge in [0.25, 0.3) is 0 Å². The lowest BCUT2D eigenvalue weighted by molar-refractivity contribution is 0.663. The zero-order valence-corrected chi connectivity index (χ0v) is 48.5. The van der Waals surface area contributed by atoms with Gasteiger partial charge in [-0.3, -0.25) is 28.2 Å². The summed E-state index contributed by atoms with van der Waals surface area (Å²) in [6.45, 7) is 0. The van der Waals surface area contributed by atoms with Crippen LogP contribution in [-0.4, -0.2) is 43.1 Å². The summed E-state index contributed by atoms with van der Waals surface area (Å²) in [5.74, 6) is 0. The molecule has 0 radical (unpaired) electrons. The maximum absolute atomic E-state index is 6.66. The van der Waals surface area contributed by atoms with Crippen molar-refractivity contribution in [3.63, 3.8) is 0 Å². The number of nitrogens with zero attached hydrogens (tertiary/aromatic N) is 9. The topological polar surface area (TPSA) is 169 Å². The van der Waals surface area contributed by atoms with Gasteiger partial charge in [0, 0.05) is 120 Å². The summed E-state index contributed by atoms with van der Waals surface area (Å²) < 4.78 is 45.0. The summed E-state index contributed by atoms with van der Waals surface area (Å²) in [6, 6.07) is 61.4. The highest BCUT2D eigenvalue weighted by Crippen LogP contribution is 2.50. The predicted molar refractivity (Wildman–Crippen MR) is 368 cm³/mol. The number of hydrogen-bond acceptors (Lipinski definition) is 12. The maximum atomic E-state index is 6.66. The van der Waals surface area contributed by atoms with E-state index in [1.165, 1.54) is 0 Å². The lowest BCUT2D eigenvalue weighted by Crippen LogP contribution is -1.93. The minimum Gasteiger partial charge on any atom is -0.456 e. The molecule has 9 aromatic carbocycles. The molecule has 432 valence electrons. The van der Waals surface area contributed by atoms with Crippen LogP contribution < -0.4 is 0 Å². The number of fused-ring (bicyclic) bond motifs is 44. The second-order valence-corrected chi connectivity index (χ2v) is 23.6. The SMILES string of the molecule is c1ccc2c(c1)oc1c2c2c3ccccc3oc2c2c1c1cccnc1c1nccn12.c1ccc2c(c1)oc1c2c2oc3ccccc3c2c2c1c1cccnc1c1nccn12.c1ccc2c(c1)oc1ccc3c4ccc5c(c6cccnc6c6nccn56)c4oc3c12. The summed E-state index contributed by atoms with van der Waals surface area (Å²) in [4.78, 5) is 27.8. The van der Waals surface area contributed by atoms with E-state index in [1.807, 2.05) is 153 Å². The number of furan rings is 6. The highest BCUT2D eigenvalue weighted by molar-refractivity contribution is 6.39. The van der Waals surface area contributed by atoms with Crippen LogP contribution in [0.4, 0.5) is 0 Å². The fraction of sp³-hybridized carbons (Fsp3) is 0. The van der Waals surface area contributed by atoms with E-state index in [2.05, 4.69) is 116 Å². The first-order valence-corrected chi connectivity index (χ1v) is 30.5. The molecule has 0 fully saturated rings. The van der Waals surface area contributed by atoms with E-state index in [4.69, 9.17) is 26.5 Å². The minimum absolute atomic E-state index is 0.806. The summed E-state index contributed by atoms with van der Waals surface area (Å²) in [5.41, 5.74) is 18.2. The zero-order chi connectivity index (χ0) is 60.3. The predicted octanol–water partition coefficient (Wildman–Crippen LogP) is 20.5. The van der Waals surface area contributed by atoms with Crippen molar-refractivity contribution in [2.45, 2.75) is 0 Å². The molecule has 93 heavy (non-hydrogen) atoms. The number of hydrogen-bond donors (Lipinski definition) is 0. The first kappa shape index (κ1) is 48.8. The lowest BCUT2D eigenvalue weighted by Gasteiger charge is -2.09. The molecule has 0 aliphatic carbocycles. The molecule has 15 aromatic heterocycles. The first-order chi connectivity index (χ1) is 46.2. The van der Waals surface area contributed by atoms with Crippen LogP contribution in [0.15, 0.2) is 264 Å². The third-order valence-electron chi connectivity index (χ3n) is 18.9. The fourth-order valence-electron chi connectivity index (χ4n) is 15.2. The van der Waals surface area contributed by atoms with Crippen LogP contribution in [0.25, 0.3) is 214 Å². The molecule has 24 rings (SSSR count). The van der Waals surface area contributed by atoms with Crippen LogP contribution in [0.3, 0.4) is 0 Å². The third-order valence-corrected chi connectivity index (χ3v) is 18.9. The minimum atomic E-state index is 0.806. The lowest BCUT2D eigenvalue weighted by atomic mass is 10.00. The van der Waals surface area contributed by atoms with Gasteiger partial charge in [0.1, 0.15) is 83.5 Å². The number of aromatic nitrogens is 9. The second-order valence-electron chi connectivity index (χ2n) is 23.6. The Bertz CT molecular complexity index is 7410. The molecule has 0 amide bonds. The highest BCUT2D eigenvalue weighted by atomic mass is 16.4. The number of benzene rings is 9. The van der Waals surface area contributed by atoms with Gasteiger partial charge >= 0.3 is 0 Å². The Balaban J connectivity index is 0.0000000911. The van der Waals surface area contributed by atoms with Crippen molar-refractivity contribution in [3.8, 4) is 0 Å². The van der Waals surface area contributed by atoms with Gasteiger partial charge in [-0.2, -0.15) is 0 Å².